The predicted molar refractivity (Wildman–Crippen MR) is 79.8 cm³/mol. The summed E-state index contributed by atoms with van der Waals surface area (Å²) >= 11 is 0. The summed E-state index contributed by atoms with van der Waals surface area (Å²) in [7, 11) is 0. The van der Waals surface area contributed by atoms with Crippen LogP contribution in [0.5, 0.6) is 0 Å². The fourth-order valence-electron chi connectivity index (χ4n) is 2.40. The van der Waals surface area contributed by atoms with Gasteiger partial charge in [-0.1, -0.05) is 36.4 Å². The van der Waals surface area contributed by atoms with Crippen molar-refractivity contribution in [1.82, 2.24) is 4.90 Å². The number of benzene rings is 1. The van der Waals surface area contributed by atoms with Crippen LogP contribution in [-0.4, -0.2) is 23.9 Å². The van der Waals surface area contributed by atoms with Crippen molar-refractivity contribution in [1.29, 1.82) is 0 Å². The van der Waals surface area contributed by atoms with E-state index in [9.17, 15) is 4.79 Å². The fraction of sp³-hybridized carbons (Fsp3) is 0.353. The summed E-state index contributed by atoms with van der Waals surface area (Å²) in [6.45, 7) is 5.54. The molecule has 1 aliphatic carbocycles. The zero-order valence-corrected chi connectivity index (χ0v) is 11.7. The molecular weight excluding hydrogens is 234 g/mol. The zero-order chi connectivity index (χ0) is 13.7. The van der Waals surface area contributed by atoms with E-state index in [0.29, 0.717) is 0 Å². The van der Waals surface area contributed by atoms with E-state index in [2.05, 4.69) is 30.3 Å². The maximum atomic E-state index is 11.9. The minimum atomic E-state index is 0.102. The van der Waals surface area contributed by atoms with E-state index in [-0.39, 0.29) is 5.91 Å². The monoisotopic (exact) mass is 255 g/mol. The first-order valence-corrected chi connectivity index (χ1v) is 7.00. The Morgan fingerprint density at radius 2 is 1.95 bits per heavy atom. The van der Waals surface area contributed by atoms with Crippen LogP contribution in [0.3, 0.4) is 0 Å². The number of carbonyl (C=O) groups is 1. The van der Waals surface area contributed by atoms with Crippen LogP contribution in [0.15, 0.2) is 42.0 Å². The van der Waals surface area contributed by atoms with Crippen molar-refractivity contribution in [2.24, 2.45) is 0 Å². The van der Waals surface area contributed by atoms with Gasteiger partial charge < -0.3 is 4.90 Å². The Kier molecular flexibility index (Phi) is 4.56. The first-order valence-electron chi connectivity index (χ1n) is 7.00. The van der Waals surface area contributed by atoms with Crippen molar-refractivity contribution in [3.63, 3.8) is 0 Å². The maximum absolute atomic E-state index is 11.9. The Morgan fingerprint density at radius 3 is 2.68 bits per heavy atom. The Labute approximate surface area is 115 Å². The third kappa shape index (κ3) is 3.34. The van der Waals surface area contributed by atoms with Crippen LogP contribution in [0.25, 0.3) is 6.08 Å². The molecule has 0 spiro atoms. The molecule has 1 aromatic rings. The van der Waals surface area contributed by atoms with E-state index in [1.54, 1.807) is 6.08 Å². The molecule has 0 fully saturated rings. The third-order valence-electron chi connectivity index (χ3n) is 3.59. The third-order valence-corrected chi connectivity index (χ3v) is 3.59. The molecule has 2 heteroatoms. The highest BCUT2D eigenvalue weighted by atomic mass is 16.2. The van der Waals surface area contributed by atoms with Gasteiger partial charge in [-0.05, 0) is 43.4 Å². The highest BCUT2D eigenvalue weighted by Gasteiger charge is 2.09. The minimum absolute atomic E-state index is 0.102. The van der Waals surface area contributed by atoms with Crippen molar-refractivity contribution >= 4 is 12.0 Å². The molecule has 2 nitrogen and oxygen atoms in total. The fourth-order valence-corrected chi connectivity index (χ4v) is 2.40. The van der Waals surface area contributed by atoms with Gasteiger partial charge in [-0.25, -0.2) is 0 Å². The van der Waals surface area contributed by atoms with E-state index >= 15 is 0 Å². The summed E-state index contributed by atoms with van der Waals surface area (Å²) in [4.78, 5) is 13.7. The first kappa shape index (κ1) is 13.6. The topological polar surface area (TPSA) is 20.3 Å². The smallest absolute Gasteiger partial charge is 0.246 e. The van der Waals surface area contributed by atoms with Crippen molar-refractivity contribution in [3.05, 3.63) is 53.1 Å². The van der Waals surface area contributed by atoms with Crippen LogP contribution in [0.1, 0.15) is 31.4 Å². The minimum Gasteiger partial charge on any atom is -0.340 e. The number of rotatable bonds is 4. The quantitative estimate of drug-likeness (QED) is 0.755. The van der Waals surface area contributed by atoms with Crippen LogP contribution in [-0.2, 0) is 11.2 Å². The second-order valence-corrected chi connectivity index (χ2v) is 4.76. The molecule has 1 aliphatic rings. The highest BCUT2D eigenvalue weighted by molar-refractivity contribution is 5.88. The molecule has 0 bridgehead atoms. The highest BCUT2D eigenvalue weighted by Crippen LogP contribution is 2.24. The Bertz CT molecular complexity index is 510. The lowest BCUT2D eigenvalue weighted by atomic mass is 9.92. The number of amides is 1. The number of carbonyl (C=O) groups excluding carboxylic acids is 1. The Hall–Kier alpha value is -1.83. The standard InChI is InChI=1S/C17H21NO/c1-3-18(4-2)17(19)12-10-14-9-11-15-7-5-6-8-16(15)13-14/h5-8,10,12-13H,3-4,9,11H2,1-2H3. The number of nitrogens with zero attached hydrogens (tertiary/aromatic N) is 1. The SMILES string of the molecule is CCN(CC)C(=O)C=CC1=Cc2ccccc2CC1. The Balaban J connectivity index is 2.09. The molecule has 0 atom stereocenters. The van der Waals surface area contributed by atoms with Crippen molar-refractivity contribution in [2.75, 3.05) is 13.1 Å². The van der Waals surface area contributed by atoms with Crippen LogP contribution < -0.4 is 0 Å². The van der Waals surface area contributed by atoms with E-state index in [0.717, 1.165) is 25.9 Å². The van der Waals surface area contributed by atoms with Gasteiger partial charge >= 0.3 is 0 Å². The Morgan fingerprint density at radius 1 is 1.21 bits per heavy atom. The van der Waals surface area contributed by atoms with Crippen LogP contribution in [0.4, 0.5) is 0 Å². The van der Waals surface area contributed by atoms with Gasteiger partial charge in [-0.15, -0.1) is 0 Å². The number of aryl methyl sites for hydroxylation is 1. The number of hydrogen-bond acceptors (Lipinski definition) is 1. The molecule has 0 unspecified atom stereocenters. The number of hydrogen-bond donors (Lipinski definition) is 0. The van der Waals surface area contributed by atoms with E-state index < -0.39 is 0 Å². The number of fused-ring (bicyclic) bond motifs is 1. The lowest BCUT2D eigenvalue weighted by Crippen LogP contribution is -2.28. The van der Waals surface area contributed by atoms with Gasteiger partial charge in [0.1, 0.15) is 0 Å². The van der Waals surface area contributed by atoms with Gasteiger partial charge in [-0.2, -0.15) is 0 Å². The van der Waals surface area contributed by atoms with Gasteiger partial charge in [0.25, 0.3) is 0 Å². The average molecular weight is 255 g/mol. The summed E-state index contributed by atoms with van der Waals surface area (Å²) in [6, 6.07) is 8.45. The number of allylic oxidation sites excluding steroid dienone is 2. The van der Waals surface area contributed by atoms with Gasteiger partial charge in [0.15, 0.2) is 0 Å². The lowest BCUT2D eigenvalue weighted by Gasteiger charge is -2.17. The molecule has 0 saturated carbocycles. The summed E-state index contributed by atoms with van der Waals surface area (Å²) in [5, 5.41) is 0. The normalized spacial score (nSPS) is 14.1. The molecule has 1 aromatic carbocycles. The molecule has 2 rings (SSSR count). The van der Waals surface area contributed by atoms with Crippen molar-refractivity contribution in [2.45, 2.75) is 26.7 Å². The molecule has 0 N–H and O–H groups in total. The number of likely N-dealkylation sites (N-methyl/N-ethyl adjacent to an activating group) is 1. The molecule has 0 radical (unpaired) electrons. The van der Waals surface area contributed by atoms with Crippen LogP contribution in [0.2, 0.25) is 0 Å². The molecule has 0 saturated heterocycles. The van der Waals surface area contributed by atoms with Gasteiger partial charge in [0.05, 0.1) is 0 Å². The predicted octanol–water partition coefficient (Wildman–Crippen LogP) is 3.44. The summed E-state index contributed by atoms with van der Waals surface area (Å²) in [5.74, 6) is 0.102. The average Bonchev–Trinajstić information content (AvgIpc) is 2.46. The maximum Gasteiger partial charge on any atom is 0.246 e. The molecule has 1 amide bonds. The molecule has 0 heterocycles. The zero-order valence-electron chi connectivity index (χ0n) is 11.7. The van der Waals surface area contributed by atoms with Crippen molar-refractivity contribution < 1.29 is 4.79 Å². The second-order valence-electron chi connectivity index (χ2n) is 4.76. The summed E-state index contributed by atoms with van der Waals surface area (Å²) in [5.41, 5.74) is 3.91. The summed E-state index contributed by atoms with van der Waals surface area (Å²) < 4.78 is 0. The molecule has 19 heavy (non-hydrogen) atoms. The largest absolute Gasteiger partial charge is 0.340 e. The molecule has 100 valence electrons. The van der Waals surface area contributed by atoms with E-state index in [1.807, 2.05) is 24.8 Å². The lowest BCUT2D eigenvalue weighted by molar-refractivity contribution is -0.125. The van der Waals surface area contributed by atoms with Crippen LogP contribution in [0, 0.1) is 0 Å². The van der Waals surface area contributed by atoms with Crippen LogP contribution >= 0.6 is 0 Å². The summed E-state index contributed by atoms with van der Waals surface area (Å²) in [6.07, 6.45) is 7.93. The van der Waals surface area contributed by atoms with Gasteiger partial charge in [0, 0.05) is 19.2 Å². The van der Waals surface area contributed by atoms with Gasteiger partial charge in [0.2, 0.25) is 5.91 Å². The first-order chi connectivity index (χ1) is 9.24. The van der Waals surface area contributed by atoms with E-state index in [4.69, 9.17) is 0 Å². The van der Waals surface area contributed by atoms with Gasteiger partial charge in [-0.3, -0.25) is 4.79 Å². The molecule has 0 aromatic heterocycles. The second kappa shape index (κ2) is 6.37. The van der Waals surface area contributed by atoms with Crippen molar-refractivity contribution in [3.8, 4) is 0 Å². The molecule has 0 aliphatic heterocycles. The molecular formula is C17H21NO. The van der Waals surface area contributed by atoms with E-state index in [1.165, 1.54) is 16.7 Å².